The topological polar surface area (TPSA) is 105 Å². The lowest BCUT2D eigenvalue weighted by Crippen LogP contribution is -2.42. The molecule has 9 nitrogen and oxygen atoms in total. The second kappa shape index (κ2) is 8.10. The van der Waals surface area contributed by atoms with Crippen LogP contribution in [0.5, 0.6) is 11.5 Å². The summed E-state index contributed by atoms with van der Waals surface area (Å²) >= 11 is 0. The zero-order valence-electron chi connectivity index (χ0n) is 16.9. The van der Waals surface area contributed by atoms with Crippen LogP contribution in [0.4, 0.5) is 0 Å². The van der Waals surface area contributed by atoms with Gasteiger partial charge in [0.1, 0.15) is 12.3 Å². The van der Waals surface area contributed by atoms with Crippen molar-refractivity contribution < 1.29 is 18.7 Å². The van der Waals surface area contributed by atoms with Gasteiger partial charge in [0.15, 0.2) is 11.5 Å². The molecule has 4 aromatic rings. The SMILES string of the molecule is O=C(Cn1c(=O)n(Cc2ccco2)c(=O)c2ccccc21)NCc1ccc2c(c1)OCO2. The van der Waals surface area contributed by atoms with Gasteiger partial charge in [-0.05, 0) is 42.0 Å². The first-order chi connectivity index (χ1) is 15.6. The smallest absolute Gasteiger partial charge is 0.332 e. The molecule has 0 saturated carbocycles. The Kier molecular flexibility index (Phi) is 4.98. The van der Waals surface area contributed by atoms with Crippen molar-refractivity contribution in [3.63, 3.8) is 0 Å². The number of hydrogen-bond donors (Lipinski definition) is 1. The maximum atomic E-state index is 13.1. The van der Waals surface area contributed by atoms with Gasteiger partial charge < -0.3 is 19.2 Å². The van der Waals surface area contributed by atoms with E-state index in [1.165, 1.54) is 10.8 Å². The Morgan fingerprint density at radius 1 is 0.969 bits per heavy atom. The number of benzene rings is 2. The minimum Gasteiger partial charge on any atom is -0.467 e. The number of carbonyl (C=O) groups is 1. The summed E-state index contributed by atoms with van der Waals surface area (Å²) in [4.78, 5) is 38.7. The van der Waals surface area contributed by atoms with Crippen LogP contribution in [0.2, 0.25) is 0 Å². The van der Waals surface area contributed by atoms with E-state index in [9.17, 15) is 14.4 Å². The summed E-state index contributed by atoms with van der Waals surface area (Å²) in [5, 5.41) is 3.16. The first-order valence-electron chi connectivity index (χ1n) is 10.00. The Morgan fingerprint density at radius 2 is 1.81 bits per heavy atom. The van der Waals surface area contributed by atoms with Crippen LogP contribution in [-0.2, 0) is 24.4 Å². The van der Waals surface area contributed by atoms with E-state index in [1.54, 1.807) is 48.5 Å². The standard InChI is InChI=1S/C23H19N3O6/c27-21(24-11-15-7-8-19-20(10-15)32-14-31-19)13-25-18-6-2-1-5-17(18)22(28)26(23(25)29)12-16-4-3-9-30-16/h1-10H,11-14H2,(H,24,27). The van der Waals surface area contributed by atoms with E-state index in [2.05, 4.69) is 5.32 Å². The Morgan fingerprint density at radius 3 is 2.66 bits per heavy atom. The third kappa shape index (κ3) is 3.64. The van der Waals surface area contributed by atoms with Crippen molar-refractivity contribution in [3.05, 3.63) is 93.0 Å². The minimum atomic E-state index is -0.580. The maximum absolute atomic E-state index is 13.1. The average Bonchev–Trinajstić information content (AvgIpc) is 3.49. The van der Waals surface area contributed by atoms with Gasteiger partial charge in [0.05, 0.1) is 23.7 Å². The molecule has 0 atom stereocenters. The lowest BCUT2D eigenvalue weighted by molar-refractivity contribution is -0.121. The number of aromatic nitrogens is 2. The summed E-state index contributed by atoms with van der Waals surface area (Å²) in [6.07, 6.45) is 1.48. The first-order valence-corrected chi connectivity index (χ1v) is 10.00. The van der Waals surface area contributed by atoms with Crippen LogP contribution in [0.25, 0.3) is 10.9 Å². The number of carbonyl (C=O) groups excluding carboxylic acids is 1. The molecular weight excluding hydrogens is 414 g/mol. The molecule has 1 aliphatic rings. The van der Waals surface area contributed by atoms with Crippen LogP contribution in [0.1, 0.15) is 11.3 Å². The van der Waals surface area contributed by atoms with Crippen molar-refractivity contribution in [2.45, 2.75) is 19.6 Å². The monoisotopic (exact) mass is 433 g/mol. The molecule has 9 heteroatoms. The zero-order valence-corrected chi connectivity index (χ0v) is 16.9. The van der Waals surface area contributed by atoms with E-state index < -0.39 is 11.2 Å². The largest absolute Gasteiger partial charge is 0.467 e. The molecule has 1 amide bonds. The van der Waals surface area contributed by atoms with E-state index in [1.807, 2.05) is 6.07 Å². The van der Waals surface area contributed by atoms with E-state index in [0.29, 0.717) is 28.2 Å². The zero-order chi connectivity index (χ0) is 22.1. The van der Waals surface area contributed by atoms with Crippen molar-refractivity contribution in [2.24, 2.45) is 0 Å². The number of ether oxygens (including phenoxy) is 2. The molecular formula is C23H19N3O6. The molecule has 32 heavy (non-hydrogen) atoms. The summed E-state index contributed by atoms with van der Waals surface area (Å²) in [5.41, 5.74) is 0.223. The molecule has 2 aromatic carbocycles. The molecule has 2 aromatic heterocycles. The Hall–Kier alpha value is -4.27. The van der Waals surface area contributed by atoms with Gasteiger partial charge in [-0.1, -0.05) is 18.2 Å². The third-order valence-electron chi connectivity index (χ3n) is 5.25. The van der Waals surface area contributed by atoms with Gasteiger partial charge in [-0.15, -0.1) is 0 Å². The second-order valence-electron chi connectivity index (χ2n) is 7.32. The molecule has 0 aliphatic carbocycles. The Bertz CT molecular complexity index is 1420. The summed E-state index contributed by atoms with van der Waals surface area (Å²) < 4.78 is 18.3. The second-order valence-corrected chi connectivity index (χ2v) is 7.32. The molecule has 1 N–H and O–H groups in total. The van der Waals surface area contributed by atoms with Crippen molar-refractivity contribution in [3.8, 4) is 11.5 Å². The normalized spacial score (nSPS) is 12.2. The van der Waals surface area contributed by atoms with Crippen molar-refractivity contribution in [1.29, 1.82) is 0 Å². The van der Waals surface area contributed by atoms with Crippen molar-refractivity contribution in [2.75, 3.05) is 6.79 Å². The summed E-state index contributed by atoms with van der Waals surface area (Å²) in [6, 6.07) is 15.5. The summed E-state index contributed by atoms with van der Waals surface area (Å²) in [6.45, 7) is 0.180. The molecule has 0 bridgehead atoms. The third-order valence-corrected chi connectivity index (χ3v) is 5.25. The highest BCUT2D eigenvalue weighted by molar-refractivity contribution is 5.81. The number of nitrogens with zero attached hydrogens (tertiary/aromatic N) is 2. The number of hydrogen-bond acceptors (Lipinski definition) is 6. The number of para-hydroxylation sites is 1. The van der Waals surface area contributed by atoms with Gasteiger partial charge in [0.2, 0.25) is 12.7 Å². The van der Waals surface area contributed by atoms with Crippen LogP contribution < -0.4 is 26.0 Å². The van der Waals surface area contributed by atoms with Gasteiger partial charge in [0, 0.05) is 6.54 Å². The Labute approximate surface area is 181 Å². The van der Waals surface area contributed by atoms with Crippen LogP contribution >= 0.6 is 0 Å². The number of nitrogens with one attached hydrogen (secondary N) is 1. The van der Waals surface area contributed by atoms with Crippen LogP contribution in [0.3, 0.4) is 0 Å². The van der Waals surface area contributed by atoms with Gasteiger partial charge in [-0.2, -0.15) is 0 Å². The number of amides is 1. The number of fused-ring (bicyclic) bond motifs is 2. The van der Waals surface area contributed by atoms with E-state index in [4.69, 9.17) is 13.9 Å². The predicted octanol–water partition coefficient (Wildman–Crippen LogP) is 1.85. The highest BCUT2D eigenvalue weighted by Gasteiger charge is 2.17. The van der Waals surface area contributed by atoms with E-state index in [0.717, 1.165) is 10.1 Å². The van der Waals surface area contributed by atoms with Crippen LogP contribution in [0, 0.1) is 0 Å². The lowest BCUT2D eigenvalue weighted by atomic mass is 10.2. The minimum absolute atomic E-state index is 0.0195. The van der Waals surface area contributed by atoms with E-state index in [-0.39, 0.29) is 32.3 Å². The fraction of sp³-hybridized carbons (Fsp3) is 0.174. The van der Waals surface area contributed by atoms with Crippen LogP contribution in [-0.4, -0.2) is 21.8 Å². The molecule has 0 fully saturated rings. The fourth-order valence-corrected chi connectivity index (χ4v) is 3.67. The fourth-order valence-electron chi connectivity index (χ4n) is 3.67. The molecule has 0 unspecified atom stereocenters. The molecule has 162 valence electrons. The first kappa shape index (κ1) is 19.7. The molecule has 0 saturated heterocycles. The van der Waals surface area contributed by atoms with Gasteiger partial charge >= 0.3 is 5.69 Å². The molecule has 0 radical (unpaired) electrons. The number of furan rings is 1. The lowest BCUT2D eigenvalue weighted by Gasteiger charge is -2.14. The van der Waals surface area contributed by atoms with Gasteiger partial charge in [0.25, 0.3) is 5.56 Å². The highest BCUT2D eigenvalue weighted by Crippen LogP contribution is 2.32. The molecule has 0 spiro atoms. The predicted molar refractivity (Wildman–Crippen MR) is 115 cm³/mol. The summed E-state index contributed by atoms with van der Waals surface area (Å²) in [5.74, 6) is 1.40. The van der Waals surface area contributed by atoms with Crippen LogP contribution in [0.15, 0.2) is 74.9 Å². The molecule has 5 rings (SSSR count). The van der Waals surface area contributed by atoms with Crippen molar-refractivity contribution in [1.82, 2.24) is 14.5 Å². The quantitative estimate of drug-likeness (QED) is 0.498. The highest BCUT2D eigenvalue weighted by atomic mass is 16.7. The van der Waals surface area contributed by atoms with Crippen molar-refractivity contribution >= 4 is 16.8 Å². The average molecular weight is 433 g/mol. The maximum Gasteiger partial charge on any atom is 0.332 e. The van der Waals surface area contributed by atoms with Gasteiger partial charge in [-0.3, -0.25) is 18.7 Å². The van der Waals surface area contributed by atoms with Gasteiger partial charge in [-0.25, -0.2) is 4.79 Å². The number of rotatable bonds is 6. The molecule has 3 heterocycles. The van der Waals surface area contributed by atoms with E-state index >= 15 is 0 Å². The molecule has 1 aliphatic heterocycles. The summed E-state index contributed by atoms with van der Waals surface area (Å²) in [7, 11) is 0. The Balaban J connectivity index is 1.42.